The summed E-state index contributed by atoms with van der Waals surface area (Å²) in [6.45, 7) is 0. The Morgan fingerprint density at radius 2 is 1.91 bits per heavy atom. The van der Waals surface area contributed by atoms with Crippen LogP contribution in [-0.4, -0.2) is 5.91 Å². The minimum atomic E-state index is -0.590. The van der Waals surface area contributed by atoms with Crippen molar-refractivity contribution in [1.29, 1.82) is 0 Å². The van der Waals surface area contributed by atoms with Crippen molar-refractivity contribution in [3.8, 4) is 0 Å². The molecule has 2 aromatic carbocycles. The third-order valence-corrected chi connectivity index (χ3v) is 4.43. The normalized spacial score (nSPS) is 10.7. The maximum atomic E-state index is 12.3. The van der Waals surface area contributed by atoms with Crippen molar-refractivity contribution in [3.05, 3.63) is 73.0 Å². The van der Waals surface area contributed by atoms with E-state index in [4.69, 9.17) is 27.6 Å². The third-order valence-electron chi connectivity index (χ3n) is 3.11. The summed E-state index contributed by atoms with van der Waals surface area (Å²) < 4.78 is 6.25. The second-order valence-corrected chi connectivity index (χ2v) is 6.37. The SMILES string of the molecule is O=C(Nc1cccc(Cl)c1Cl)c1cc(=O)c2ccc(Br)cc2o1. The van der Waals surface area contributed by atoms with Crippen LogP contribution in [0.2, 0.25) is 10.0 Å². The molecule has 116 valence electrons. The Morgan fingerprint density at radius 1 is 1.13 bits per heavy atom. The predicted molar refractivity (Wildman–Crippen MR) is 94.6 cm³/mol. The summed E-state index contributed by atoms with van der Waals surface area (Å²) in [6.07, 6.45) is 0. The average Bonchev–Trinajstić information content (AvgIpc) is 2.51. The van der Waals surface area contributed by atoms with E-state index in [0.29, 0.717) is 21.7 Å². The number of carbonyl (C=O) groups is 1. The largest absolute Gasteiger partial charge is 0.451 e. The summed E-state index contributed by atoms with van der Waals surface area (Å²) in [5.41, 5.74) is 0.344. The lowest BCUT2D eigenvalue weighted by molar-refractivity contribution is 0.0997. The van der Waals surface area contributed by atoms with Crippen LogP contribution in [0.1, 0.15) is 10.6 Å². The topological polar surface area (TPSA) is 59.3 Å². The van der Waals surface area contributed by atoms with Crippen LogP contribution in [0.4, 0.5) is 5.69 Å². The maximum absolute atomic E-state index is 12.3. The van der Waals surface area contributed by atoms with Crippen LogP contribution in [0.25, 0.3) is 11.0 Å². The predicted octanol–water partition coefficient (Wildman–Crippen LogP) is 5.11. The van der Waals surface area contributed by atoms with Crippen molar-refractivity contribution in [2.75, 3.05) is 5.32 Å². The Bertz CT molecular complexity index is 985. The van der Waals surface area contributed by atoms with Crippen molar-refractivity contribution in [2.45, 2.75) is 0 Å². The van der Waals surface area contributed by atoms with Gasteiger partial charge in [-0.15, -0.1) is 0 Å². The molecule has 7 heteroatoms. The minimum Gasteiger partial charge on any atom is -0.451 e. The third kappa shape index (κ3) is 3.27. The highest BCUT2D eigenvalue weighted by atomic mass is 79.9. The van der Waals surface area contributed by atoms with E-state index in [-0.39, 0.29) is 16.2 Å². The van der Waals surface area contributed by atoms with Crippen LogP contribution < -0.4 is 10.7 Å². The molecular weight excluding hydrogens is 405 g/mol. The zero-order valence-corrected chi connectivity index (χ0v) is 14.5. The number of hydrogen-bond donors (Lipinski definition) is 1. The lowest BCUT2D eigenvalue weighted by Gasteiger charge is -2.08. The van der Waals surface area contributed by atoms with Crippen molar-refractivity contribution in [3.63, 3.8) is 0 Å². The van der Waals surface area contributed by atoms with E-state index < -0.39 is 5.91 Å². The highest BCUT2D eigenvalue weighted by molar-refractivity contribution is 9.10. The molecule has 0 bridgehead atoms. The maximum Gasteiger partial charge on any atom is 0.291 e. The van der Waals surface area contributed by atoms with E-state index >= 15 is 0 Å². The summed E-state index contributed by atoms with van der Waals surface area (Å²) in [5.74, 6) is -0.704. The van der Waals surface area contributed by atoms with Gasteiger partial charge in [-0.05, 0) is 30.3 Å². The van der Waals surface area contributed by atoms with Gasteiger partial charge in [0.15, 0.2) is 11.2 Å². The van der Waals surface area contributed by atoms with Gasteiger partial charge in [-0.1, -0.05) is 45.2 Å². The molecule has 0 radical (unpaired) electrons. The Balaban J connectivity index is 2.01. The quantitative estimate of drug-likeness (QED) is 0.635. The Morgan fingerprint density at radius 3 is 2.70 bits per heavy atom. The molecule has 0 spiro atoms. The van der Waals surface area contributed by atoms with Gasteiger partial charge in [0, 0.05) is 10.5 Å². The number of fused-ring (bicyclic) bond motifs is 1. The van der Waals surface area contributed by atoms with E-state index in [2.05, 4.69) is 21.2 Å². The molecule has 0 saturated heterocycles. The van der Waals surface area contributed by atoms with Gasteiger partial charge in [-0.3, -0.25) is 9.59 Å². The molecule has 0 saturated carbocycles. The second-order valence-electron chi connectivity index (χ2n) is 4.67. The van der Waals surface area contributed by atoms with E-state index in [1.54, 1.807) is 36.4 Å². The molecular formula is C16H8BrCl2NO3. The van der Waals surface area contributed by atoms with Gasteiger partial charge in [0.25, 0.3) is 5.91 Å². The Labute approximate surface area is 149 Å². The molecule has 0 aliphatic carbocycles. The molecule has 0 fully saturated rings. The summed E-state index contributed by atoms with van der Waals surface area (Å²) in [7, 11) is 0. The van der Waals surface area contributed by atoms with Crippen LogP contribution in [0.15, 0.2) is 56.1 Å². The van der Waals surface area contributed by atoms with Crippen LogP contribution in [0, 0.1) is 0 Å². The molecule has 0 atom stereocenters. The fraction of sp³-hybridized carbons (Fsp3) is 0. The average molecular weight is 413 g/mol. The number of nitrogens with one attached hydrogen (secondary N) is 1. The molecule has 1 amide bonds. The first kappa shape index (κ1) is 16.1. The van der Waals surface area contributed by atoms with Crippen molar-refractivity contribution in [2.24, 2.45) is 0 Å². The number of halogens is 3. The van der Waals surface area contributed by atoms with E-state index in [1.165, 1.54) is 0 Å². The van der Waals surface area contributed by atoms with Crippen LogP contribution in [0.5, 0.6) is 0 Å². The fourth-order valence-corrected chi connectivity index (χ4v) is 2.71. The van der Waals surface area contributed by atoms with Crippen LogP contribution in [-0.2, 0) is 0 Å². The van der Waals surface area contributed by atoms with Crippen LogP contribution >= 0.6 is 39.1 Å². The van der Waals surface area contributed by atoms with E-state index in [9.17, 15) is 9.59 Å². The Hall–Kier alpha value is -1.82. The molecule has 1 N–H and O–H groups in total. The molecule has 0 unspecified atom stereocenters. The number of amides is 1. The summed E-state index contributed by atoms with van der Waals surface area (Å²) in [4.78, 5) is 24.4. The van der Waals surface area contributed by atoms with Gasteiger partial charge in [0.1, 0.15) is 5.58 Å². The first-order valence-electron chi connectivity index (χ1n) is 6.44. The van der Waals surface area contributed by atoms with Crippen molar-refractivity contribution < 1.29 is 9.21 Å². The van der Waals surface area contributed by atoms with Gasteiger partial charge in [-0.25, -0.2) is 0 Å². The summed E-state index contributed by atoms with van der Waals surface area (Å²) >= 11 is 15.2. The zero-order valence-electron chi connectivity index (χ0n) is 11.4. The number of rotatable bonds is 2. The monoisotopic (exact) mass is 411 g/mol. The van der Waals surface area contributed by atoms with Crippen LogP contribution in [0.3, 0.4) is 0 Å². The van der Waals surface area contributed by atoms with Crippen molar-refractivity contribution in [1.82, 2.24) is 0 Å². The lowest BCUT2D eigenvalue weighted by atomic mass is 10.2. The van der Waals surface area contributed by atoms with E-state index in [1.807, 2.05) is 0 Å². The number of benzene rings is 2. The lowest BCUT2D eigenvalue weighted by Crippen LogP contribution is -2.15. The minimum absolute atomic E-state index is 0.114. The number of anilines is 1. The first-order valence-corrected chi connectivity index (χ1v) is 7.99. The molecule has 0 aliphatic rings. The Kier molecular flexibility index (Phi) is 4.43. The molecule has 1 heterocycles. The van der Waals surface area contributed by atoms with Crippen molar-refractivity contribution >= 4 is 61.7 Å². The van der Waals surface area contributed by atoms with Gasteiger partial charge in [0.05, 0.1) is 21.1 Å². The summed E-state index contributed by atoms with van der Waals surface area (Å²) in [6, 6.07) is 11.0. The standard InChI is InChI=1S/C16H8BrCl2NO3/c17-8-4-5-9-12(21)7-14(23-13(9)6-8)16(22)20-11-3-1-2-10(18)15(11)19/h1-7H,(H,20,22). The number of hydrogen-bond acceptors (Lipinski definition) is 3. The molecule has 4 nitrogen and oxygen atoms in total. The molecule has 3 aromatic rings. The van der Waals surface area contributed by atoms with Gasteiger partial charge >= 0.3 is 0 Å². The first-order chi connectivity index (χ1) is 11.0. The molecule has 23 heavy (non-hydrogen) atoms. The number of carbonyl (C=O) groups excluding carboxylic acids is 1. The van der Waals surface area contributed by atoms with Gasteiger partial charge in [-0.2, -0.15) is 0 Å². The summed E-state index contributed by atoms with van der Waals surface area (Å²) in [5, 5.41) is 3.50. The smallest absolute Gasteiger partial charge is 0.291 e. The van der Waals surface area contributed by atoms with Gasteiger partial charge in [0.2, 0.25) is 0 Å². The molecule has 1 aromatic heterocycles. The highest BCUT2D eigenvalue weighted by Crippen LogP contribution is 2.30. The molecule has 3 rings (SSSR count). The van der Waals surface area contributed by atoms with E-state index in [0.717, 1.165) is 10.5 Å². The van der Waals surface area contributed by atoms with Gasteiger partial charge < -0.3 is 9.73 Å². The molecule has 0 aliphatic heterocycles. The fourth-order valence-electron chi connectivity index (χ4n) is 2.03. The highest BCUT2D eigenvalue weighted by Gasteiger charge is 2.15. The zero-order chi connectivity index (χ0) is 16.6. The second kappa shape index (κ2) is 6.35.